The van der Waals surface area contributed by atoms with Gasteiger partial charge >= 0.3 is 0 Å². The summed E-state index contributed by atoms with van der Waals surface area (Å²) in [6.45, 7) is 10.6. The van der Waals surface area contributed by atoms with E-state index >= 15 is 0 Å². The van der Waals surface area contributed by atoms with Crippen molar-refractivity contribution in [2.24, 2.45) is 0 Å². The highest BCUT2D eigenvalue weighted by Gasteiger charge is 2.22. The Morgan fingerprint density at radius 1 is 0.917 bits per heavy atom. The third kappa shape index (κ3) is 4.11. The van der Waals surface area contributed by atoms with Crippen molar-refractivity contribution in [1.29, 1.82) is 0 Å². The molecule has 0 aliphatic rings. The molecule has 0 aliphatic carbocycles. The van der Waals surface area contributed by atoms with Crippen LogP contribution >= 0.6 is 0 Å². The van der Waals surface area contributed by atoms with Crippen LogP contribution in [-0.2, 0) is 11.8 Å². The van der Waals surface area contributed by atoms with E-state index < -0.39 is 0 Å². The number of aromatic hydroxyl groups is 2. The molecule has 2 rings (SSSR count). The summed E-state index contributed by atoms with van der Waals surface area (Å²) < 4.78 is 0. The topological polar surface area (TPSA) is 40.5 Å². The van der Waals surface area contributed by atoms with Crippen LogP contribution in [0.4, 0.5) is 0 Å². The molecule has 0 aromatic heterocycles. The van der Waals surface area contributed by atoms with Crippen LogP contribution in [-0.4, -0.2) is 10.2 Å². The monoisotopic (exact) mass is 326 g/mol. The number of rotatable bonds is 5. The summed E-state index contributed by atoms with van der Waals surface area (Å²) in [6.07, 6.45) is 4.28. The Labute approximate surface area is 146 Å². The molecule has 0 heterocycles. The van der Waals surface area contributed by atoms with Crippen LogP contribution in [0, 0.1) is 6.92 Å². The second-order valence-electron chi connectivity index (χ2n) is 7.77. The van der Waals surface area contributed by atoms with Gasteiger partial charge in [-0.25, -0.2) is 0 Å². The minimum Gasteiger partial charge on any atom is -0.507 e. The Bertz CT molecular complexity index is 685. The fourth-order valence-electron chi connectivity index (χ4n) is 3.19. The van der Waals surface area contributed by atoms with Gasteiger partial charge in [0.05, 0.1) is 5.56 Å². The van der Waals surface area contributed by atoms with Crippen molar-refractivity contribution in [3.8, 4) is 22.6 Å². The number of hydrogen-bond donors (Lipinski definition) is 2. The molecule has 2 nitrogen and oxygen atoms in total. The van der Waals surface area contributed by atoms with Crippen LogP contribution in [0.3, 0.4) is 0 Å². The van der Waals surface area contributed by atoms with Crippen molar-refractivity contribution < 1.29 is 10.2 Å². The van der Waals surface area contributed by atoms with Gasteiger partial charge in [-0.2, -0.15) is 0 Å². The van der Waals surface area contributed by atoms with E-state index in [1.54, 1.807) is 12.1 Å². The van der Waals surface area contributed by atoms with E-state index in [0.29, 0.717) is 5.56 Å². The van der Waals surface area contributed by atoms with Gasteiger partial charge in [0.1, 0.15) is 11.5 Å². The SMILES string of the molecule is CCCCCc1cc(O)c(-c2cc(C)ccc2C(C)(C)C)c(O)c1. The fraction of sp³-hybridized carbons (Fsp3) is 0.455. The van der Waals surface area contributed by atoms with Gasteiger partial charge in [-0.05, 0) is 54.0 Å². The Morgan fingerprint density at radius 3 is 2.08 bits per heavy atom. The summed E-state index contributed by atoms with van der Waals surface area (Å²) in [5.41, 5.74) is 4.62. The quantitative estimate of drug-likeness (QED) is 0.651. The molecule has 0 fully saturated rings. The average Bonchev–Trinajstić information content (AvgIpc) is 2.45. The summed E-state index contributed by atoms with van der Waals surface area (Å²) >= 11 is 0. The van der Waals surface area contributed by atoms with Gasteiger partial charge in [0.15, 0.2) is 0 Å². The van der Waals surface area contributed by atoms with E-state index in [1.807, 2.05) is 13.0 Å². The molecule has 0 aliphatic heterocycles. The highest BCUT2D eigenvalue weighted by molar-refractivity contribution is 5.80. The van der Waals surface area contributed by atoms with Gasteiger partial charge in [-0.15, -0.1) is 0 Å². The Morgan fingerprint density at radius 2 is 1.54 bits per heavy atom. The maximum Gasteiger partial charge on any atom is 0.127 e. The Kier molecular flexibility index (Phi) is 5.58. The molecule has 0 spiro atoms. The zero-order valence-corrected chi connectivity index (χ0v) is 15.6. The molecular weight excluding hydrogens is 296 g/mol. The second-order valence-corrected chi connectivity index (χ2v) is 7.77. The van der Waals surface area contributed by atoms with E-state index in [9.17, 15) is 10.2 Å². The van der Waals surface area contributed by atoms with Crippen molar-refractivity contribution in [1.82, 2.24) is 0 Å². The van der Waals surface area contributed by atoms with Gasteiger partial charge in [-0.3, -0.25) is 0 Å². The van der Waals surface area contributed by atoms with Gasteiger partial charge < -0.3 is 10.2 Å². The molecule has 2 heteroatoms. The summed E-state index contributed by atoms with van der Waals surface area (Å²) in [4.78, 5) is 0. The van der Waals surface area contributed by atoms with Crippen LogP contribution in [0.5, 0.6) is 11.5 Å². The number of aryl methyl sites for hydroxylation is 2. The zero-order valence-electron chi connectivity index (χ0n) is 15.6. The van der Waals surface area contributed by atoms with Crippen LogP contribution in [0.2, 0.25) is 0 Å². The molecule has 0 unspecified atom stereocenters. The first-order chi connectivity index (χ1) is 11.2. The van der Waals surface area contributed by atoms with Crippen molar-refractivity contribution in [3.05, 3.63) is 47.0 Å². The van der Waals surface area contributed by atoms with E-state index in [0.717, 1.165) is 47.9 Å². The maximum atomic E-state index is 10.6. The number of benzene rings is 2. The first-order valence-electron chi connectivity index (χ1n) is 8.90. The summed E-state index contributed by atoms with van der Waals surface area (Å²) in [5.74, 6) is 0.329. The lowest BCUT2D eigenvalue weighted by molar-refractivity contribution is 0.452. The standard InChI is InChI=1S/C22H30O2/c1-6-7-8-9-16-13-19(23)21(20(24)14-16)17-12-15(2)10-11-18(17)22(3,4)5/h10-14,23-24H,6-9H2,1-5H3. The Balaban J connectivity index is 2.52. The molecule has 2 aromatic carbocycles. The molecule has 2 aromatic rings. The predicted molar refractivity (Wildman–Crippen MR) is 102 cm³/mol. The first kappa shape index (κ1) is 18.4. The summed E-state index contributed by atoms with van der Waals surface area (Å²) in [5, 5.41) is 21.2. The zero-order chi connectivity index (χ0) is 17.9. The third-order valence-electron chi connectivity index (χ3n) is 4.48. The van der Waals surface area contributed by atoms with Crippen molar-refractivity contribution in [3.63, 3.8) is 0 Å². The van der Waals surface area contributed by atoms with Crippen LogP contribution < -0.4 is 0 Å². The van der Waals surface area contributed by atoms with E-state index in [-0.39, 0.29) is 16.9 Å². The summed E-state index contributed by atoms with van der Waals surface area (Å²) in [7, 11) is 0. The average molecular weight is 326 g/mol. The highest BCUT2D eigenvalue weighted by atomic mass is 16.3. The van der Waals surface area contributed by atoms with Gasteiger partial charge in [0, 0.05) is 0 Å². The third-order valence-corrected chi connectivity index (χ3v) is 4.48. The second kappa shape index (κ2) is 7.29. The van der Waals surface area contributed by atoms with Crippen LogP contribution in [0.1, 0.15) is 63.6 Å². The number of phenolic OH excluding ortho intramolecular Hbond substituents is 2. The number of hydrogen-bond acceptors (Lipinski definition) is 2. The molecule has 0 saturated heterocycles. The predicted octanol–water partition coefficient (Wildman–Crippen LogP) is 6.10. The molecule has 0 atom stereocenters. The van der Waals surface area contributed by atoms with E-state index in [2.05, 4.69) is 39.8 Å². The van der Waals surface area contributed by atoms with Crippen molar-refractivity contribution >= 4 is 0 Å². The molecule has 0 amide bonds. The molecule has 2 N–H and O–H groups in total. The minimum atomic E-state index is -0.0677. The van der Waals surface area contributed by atoms with Crippen LogP contribution in [0.25, 0.3) is 11.1 Å². The lowest BCUT2D eigenvalue weighted by atomic mass is 9.80. The maximum absolute atomic E-state index is 10.6. The van der Waals surface area contributed by atoms with Crippen molar-refractivity contribution in [2.45, 2.75) is 65.7 Å². The van der Waals surface area contributed by atoms with Gasteiger partial charge in [0.2, 0.25) is 0 Å². The molecule has 0 bridgehead atoms. The number of phenols is 2. The smallest absolute Gasteiger partial charge is 0.127 e. The van der Waals surface area contributed by atoms with Gasteiger partial charge in [-0.1, -0.05) is 64.3 Å². The lowest BCUT2D eigenvalue weighted by Crippen LogP contribution is -2.13. The molecular formula is C22H30O2. The Hall–Kier alpha value is -1.96. The molecule has 0 saturated carbocycles. The highest BCUT2D eigenvalue weighted by Crippen LogP contribution is 2.43. The van der Waals surface area contributed by atoms with E-state index in [1.165, 1.54) is 0 Å². The minimum absolute atomic E-state index is 0.0677. The van der Waals surface area contributed by atoms with Gasteiger partial charge in [0.25, 0.3) is 0 Å². The van der Waals surface area contributed by atoms with Crippen LogP contribution in [0.15, 0.2) is 30.3 Å². The van der Waals surface area contributed by atoms with Crippen molar-refractivity contribution in [2.75, 3.05) is 0 Å². The first-order valence-corrected chi connectivity index (χ1v) is 8.90. The molecule has 0 radical (unpaired) electrons. The van der Waals surface area contributed by atoms with E-state index in [4.69, 9.17) is 0 Å². The largest absolute Gasteiger partial charge is 0.507 e. The molecule has 130 valence electrons. The fourth-order valence-corrected chi connectivity index (χ4v) is 3.19. The molecule has 24 heavy (non-hydrogen) atoms. The number of unbranched alkanes of at least 4 members (excludes halogenated alkanes) is 2. The normalized spacial score (nSPS) is 11.7. The summed E-state index contributed by atoms with van der Waals surface area (Å²) in [6, 6.07) is 9.83. The lowest BCUT2D eigenvalue weighted by Gasteiger charge is -2.24.